The molecule has 0 aromatic heterocycles. The van der Waals surface area contributed by atoms with Gasteiger partial charge in [-0.2, -0.15) is 0 Å². The van der Waals surface area contributed by atoms with Crippen molar-refractivity contribution in [1.82, 2.24) is 0 Å². The summed E-state index contributed by atoms with van der Waals surface area (Å²) in [5.74, 6) is 3.30. The molecule has 0 heterocycles. The summed E-state index contributed by atoms with van der Waals surface area (Å²) in [5.41, 5.74) is 0. The van der Waals surface area contributed by atoms with Crippen molar-refractivity contribution >= 4 is 38.3 Å². The van der Waals surface area contributed by atoms with Gasteiger partial charge >= 0.3 is 72.6 Å². The maximum absolute atomic E-state index is 5.80. The van der Waals surface area contributed by atoms with Crippen LogP contribution in [0.4, 0.5) is 0 Å². The molecule has 54 valence electrons. The Hall–Kier alpha value is 0.899. The van der Waals surface area contributed by atoms with E-state index in [1.54, 1.807) is 11.8 Å². The van der Waals surface area contributed by atoms with E-state index in [1.165, 1.54) is 6.42 Å². The Morgan fingerprint density at radius 3 is 2.89 bits per heavy atom. The molecule has 3 heteroatoms. The van der Waals surface area contributed by atoms with Crippen LogP contribution in [0.25, 0.3) is 0 Å². The van der Waals surface area contributed by atoms with Crippen molar-refractivity contribution in [3.05, 3.63) is 9.34 Å². The van der Waals surface area contributed by atoms with E-state index < -0.39 is 0 Å². The molecule has 0 saturated carbocycles. The summed E-state index contributed by atoms with van der Waals surface area (Å²) in [6, 6.07) is 0. The molecule has 0 nitrogen and oxygen atoms in total. The van der Waals surface area contributed by atoms with E-state index in [-0.39, 0.29) is 0 Å². The summed E-state index contributed by atoms with van der Waals surface area (Å²) < 4.78 is 0.972. The molecule has 0 atom stereocenters. The monoisotopic (exact) mass is 230 g/mol. The van der Waals surface area contributed by atoms with E-state index in [2.05, 4.69) is 17.7 Å². The van der Waals surface area contributed by atoms with Crippen molar-refractivity contribution in [2.75, 3.05) is 5.75 Å². The van der Waals surface area contributed by atoms with Crippen molar-refractivity contribution in [1.29, 1.82) is 0 Å². The number of rotatable bonds is 4. The molecule has 0 aromatic rings. The summed E-state index contributed by atoms with van der Waals surface area (Å²) in [5, 5.41) is 0. The number of hydrogen-bond acceptors (Lipinski definition) is 1. The van der Waals surface area contributed by atoms with Gasteiger partial charge in [0.25, 0.3) is 0 Å². The fraction of sp³-hybridized carbons (Fsp3) is 0.667. The van der Waals surface area contributed by atoms with Gasteiger partial charge in [-0.3, -0.25) is 0 Å². The van der Waals surface area contributed by atoms with E-state index in [4.69, 9.17) is 11.6 Å². The third-order valence-corrected chi connectivity index (χ3v) is 3.72. The molecule has 0 aliphatic heterocycles. The topological polar surface area (TPSA) is 0 Å². The first kappa shape index (κ1) is 9.90. The Bertz CT molecular complexity index is 93.1. The van der Waals surface area contributed by atoms with Gasteiger partial charge in [-0.05, 0) is 0 Å². The van der Waals surface area contributed by atoms with E-state index in [1.807, 2.05) is 0 Å². The van der Waals surface area contributed by atoms with Crippen molar-refractivity contribution < 1.29 is 0 Å². The first-order valence-corrected chi connectivity index (χ1v) is 6.89. The van der Waals surface area contributed by atoms with Crippen molar-refractivity contribution in [2.45, 2.75) is 19.2 Å². The van der Waals surface area contributed by atoms with Crippen LogP contribution < -0.4 is 0 Å². The third-order valence-electron chi connectivity index (χ3n) is 0.655. The van der Waals surface area contributed by atoms with E-state index in [0.717, 1.165) is 10.1 Å². The zero-order valence-corrected chi connectivity index (χ0v) is 8.97. The van der Waals surface area contributed by atoms with Gasteiger partial charge in [0.05, 0.1) is 0 Å². The SMILES string of the molecule is CCCS/C(Cl)=C\[Se]C. The second-order valence-corrected chi connectivity index (χ2v) is 4.76. The van der Waals surface area contributed by atoms with Crippen LogP contribution in [0.3, 0.4) is 0 Å². The summed E-state index contributed by atoms with van der Waals surface area (Å²) in [6.45, 7) is 2.16. The third kappa shape index (κ3) is 6.79. The molecule has 0 amide bonds. The molecule has 0 aromatic carbocycles. The molecule has 0 rings (SSSR count). The molecule has 0 N–H and O–H groups in total. The van der Waals surface area contributed by atoms with E-state index in [0.29, 0.717) is 15.0 Å². The van der Waals surface area contributed by atoms with Gasteiger partial charge in [0.1, 0.15) is 0 Å². The van der Waals surface area contributed by atoms with Crippen molar-refractivity contribution in [2.24, 2.45) is 0 Å². The Morgan fingerprint density at radius 2 is 2.44 bits per heavy atom. The number of hydrogen-bond donors (Lipinski definition) is 0. The minimum atomic E-state index is 0.581. The van der Waals surface area contributed by atoms with Crippen LogP contribution in [0.2, 0.25) is 5.82 Å². The van der Waals surface area contributed by atoms with Crippen LogP contribution in [-0.4, -0.2) is 20.7 Å². The summed E-state index contributed by atoms with van der Waals surface area (Å²) in [4.78, 5) is 2.11. The minimum absolute atomic E-state index is 0.581. The fourth-order valence-electron chi connectivity index (χ4n) is 0.326. The van der Waals surface area contributed by atoms with Gasteiger partial charge < -0.3 is 0 Å². The standard InChI is InChI=1S/C6H11ClSSe/c1-3-4-8-6(7)5-9-2/h5H,3-4H2,1-2H3/b6-5-. The van der Waals surface area contributed by atoms with Gasteiger partial charge in [0, 0.05) is 0 Å². The maximum atomic E-state index is 5.80. The van der Waals surface area contributed by atoms with Gasteiger partial charge in [0.2, 0.25) is 0 Å². The van der Waals surface area contributed by atoms with Crippen LogP contribution in [0, 0.1) is 0 Å². The number of halogens is 1. The molecule has 0 radical (unpaired) electrons. The van der Waals surface area contributed by atoms with Crippen LogP contribution in [0.15, 0.2) is 9.34 Å². The molecular formula is C6H11ClSSe. The molecule has 0 saturated heterocycles. The van der Waals surface area contributed by atoms with Crippen molar-refractivity contribution in [3.8, 4) is 0 Å². The molecule has 0 aliphatic carbocycles. The molecule has 0 spiro atoms. The zero-order valence-electron chi connectivity index (χ0n) is 5.69. The Morgan fingerprint density at radius 1 is 1.78 bits per heavy atom. The first-order chi connectivity index (χ1) is 4.31. The summed E-state index contributed by atoms with van der Waals surface area (Å²) in [6.07, 6.45) is 1.20. The number of thioether (sulfide) groups is 1. The second kappa shape index (κ2) is 7.01. The van der Waals surface area contributed by atoms with Crippen LogP contribution in [0.1, 0.15) is 13.3 Å². The molecular weight excluding hydrogens is 219 g/mol. The Balaban J connectivity index is 3.25. The van der Waals surface area contributed by atoms with Crippen LogP contribution in [0.5, 0.6) is 0 Å². The van der Waals surface area contributed by atoms with Gasteiger partial charge in [-0.1, -0.05) is 0 Å². The summed E-state index contributed by atoms with van der Waals surface area (Å²) >= 11 is 8.12. The zero-order chi connectivity index (χ0) is 7.11. The van der Waals surface area contributed by atoms with Gasteiger partial charge in [-0.15, -0.1) is 0 Å². The summed E-state index contributed by atoms with van der Waals surface area (Å²) in [7, 11) is 0. The Kier molecular flexibility index (Phi) is 7.71. The normalized spacial score (nSPS) is 12.1. The molecule has 0 fully saturated rings. The van der Waals surface area contributed by atoms with Gasteiger partial charge in [-0.25, -0.2) is 0 Å². The van der Waals surface area contributed by atoms with E-state index in [9.17, 15) is 0 Å². The van der Waals surface area contributed by atoms with E-state index >= 15 is 0 Å². The Labute approximate surface area is 72.6 Å². The van der Waals surface area contributed by atoms with Crippen molar-refractivity contribution in [3.63, 3.8) is 0 Å². The molecule has 0 aliphatic rings. The molecule has 0 bridgehead atoms. The van der Waals surface area contributed by atoms with Crippen LogP contribution >= 0.6 is 23.4 Å². The second-order valence-electron chi connectivity index (χ2n) is 1.51. The van der Waals surface area contributed by atoms with Gasteiger partial charge in [0.15, 0.2) is 0 Å². The quantitative estimate of drug-likeness (QED) is 0.668. The average Bonchev–Trinajstić information content (AvgIpc) is 1.85. The molecule has 9 heavy (non-hydrogen) atoms. The predicted molar refractivity (Wildman–Crippen MR) is 48.3 cm³/mol. The predicted octanol–water partition coefficient (Wildman–Crippen LogP) is 2.92. The first-order valence-electron chi connectivity index (χ1n) is 2.82. The average molecular weight is 230 g/mol. The fourth-order valence-corrected chi connectivity index (χ4v) is 2.80. The van der Waals surface area contributed by atoms with Crippen LogP contribution in [-0.2, 0) is 0 Å². The molecule has 0 unspecified atom stereocenters.